The molecule has 0 bridgehead atoms. The van der Waals surface area contributed by atoms with Crippen LogP contribution in [0.1, 0.15) is 36.4 Å². The first-order valence-electron chi connectivity index (χ1n) is 9.81. The number of methoxy groups -OCH3 is 3. The first kappa shape index (κ1) is 25.9. The molecule has 0 fully saturated rings. The molecule has 2 aromatic rings. The zero-order chi connectivity index (χ0) is 21.2. The number of aliphatic imine (C=N–C) groups is 1. The van der Waals surface area contributed by atoms with E-state index < -0.39 is 0 Å². The summed E-state index contributed by atoms with van der Waals surface area (Å²) >= 11 is 0. The lowest BCUT2D eigenvalue weighted by Crippen LogP contribution is -2.38. The number of aromatic nitrogens is 1. The normalized spacial score (nSPS) is 10.9. The molecular formula is C21H33IN4O4. The van der Waals surface area contributed by atoms with Gasteiger partial charge in [-0.05, 0) is 12.8 Å². The van der Waals surface area contributed by atoms with E-state index in [1.807, 2.05) is 12.1 Å². The van der Waals surface area contributed by atoms with Crippen molar-refractivity contribution in [2.75, 3.05) is 34.9 Å². The molecule has 0 amide bonds. The van der Waals surface area contributed by atoms with E-state index in [1.165, 1.54) is 0 Å². The average molecular weight is 532 g/mol. The zero-order valence-electron chi connectivity index (χ0n) is 18.6. The van der Waals surface area contributed by atoms with Crippen molar-refractivity contribution in [2.45, 2.75) is 39.7 Å². The molecule has 0 saturated carbocycles. The third-order valence-electron chi connectivity index (χ3n) is 4.75. The average Bonchev–Trinajstić information content (AvgIpc) is 3.17. The molecule has 0 atom stereocenters. The summed E-state index contributed by atoms with van der Waals surface area (Å²) in [5.41, 5.74) is 3.06. The second-order valence-electron chi connectivity index (χ2n) is 6.35. The molecule has 168 valence electrons. The van der Waals surface area contributed by atoms with Crippen LogP contribution in [0.15, 0.2) is 21.6 Å². The fourth-order valence-corrected chi connectivity index (χ4v) is 3.16. The van der Waals surface area contributed by atoms with E-state index in [9.17, 15) is 0 Å². The minimum atomic E-state index is 0. The molecule has 30 heavy (non-hydrogen) atoms. The Hall–Kier alpha value is -2.17. The fraction of sp³-hybridized carbons (Fsp3) is 0.524. The molecule has 2 N–H and O–H groups in total. The van der Waals surface area contributed by atoms with Gasteiger partial charge in [0.25, 0.3) is 0 Å². The van der Waals surface area contributed by atoms with Gasteiger partial charge in [0.05, 0.1) is 27.0 Å². The van der Waals surface area contributed by atoms with Crippen LogP contribution in [0, 0.1) is 0 Å². The molecule has 0 saturated heterocycles. The Bertz CT molecular complexity index is 777. The lowest BCUT2D eigenvalue weighted by atomic mass is 10.1. The summed E-state index contributed by atoms with van der Waals surface area (Å²) in [5.74, 6) is 3.78. The van der Waals surface area contributed by atoms with E-state index in [1.54, 1.807) is 28.4 Å². The van der Waals surface area contributed by atoms with E-state index in [2.05, 4.69) is 34.6 Å². The number of hydrogen-bond acceptors (Lipinski definition) is 6. The van der Waals surface area contributed by atoms with Crippen molar-refractivity contribution in [1.29, 1.82) is 0 Å². The van der Waals surface area contributed by atoms with Crippen molar-refractivity contribution < 1.29 is 18.7 Å². The Balaban J connectivity index is 0.00000450. The highest BCUT2D eigenvalue weighted by molar-refractivity contribution is 14.0. The van der Waals surface area contributed by atoms with Gasteiger partial charge < -0.3 is 29.4 Å². The highest BCUT2D eigenvalue weighted by Gasteiger charge is 2.15. The molecule has 9 heteroatoms. The Labute approximate surface area is 195 Å². The van der Waals surface area contributed by atoms with Gasteiger partial charge in [0, 0.05) is 49.8 Å². The number of guanidine groups is 1. The molecule has 0 spiro atoms. The van der Waals surface area contributed by atoms with E-state index in [-0.39, 0.29) is 24.0 Å². The lowest BCUT2D eigenvalue weighted by Gasteiger charge is -2.16. The number of hydrogen-bond donors (Lipinski definition) is 2. The van der Waals surface area contributed by atoms with Gasteiger partial charge in [-0.25, -0.2) is 0 Å². The number of ether oxygens (including phenoxy) is 3. The van der Waals surface area contributed by atoms with Crippen molar-refractivity contribution in [3.05, 3.63) is 34.7 Å². The van der Waals surface area contributed by atoms with Gasteiger partial charge in [-0.3, -0.25) is 4.99 Å². The predicted molar refractivity (Wildman–Crippen MR) is 129 cm³/mol. The summed E-state index contributed by atoms with van der Waals surface area (Å²) in [6.45, 7) is 5.41. The number of nitrogens with zero attached hydrogens (tertiary/aromatic N) is 2. The molecule has 0 aliphatic rings. The largest absolute Gasteiger partial charge is 0.496 e. The first-order chi connectivity index (χ1) is 14.1. The lowest BCUT2D eigenvalue weighted by molar-refractivity contribution is 0.368. The maximum absolute atomic E-state index is 5.51. The van der Waals surface area contributed by atoms with Crippen molar-refractivity contribution in [3.63, 3.8) is 0 Å². The zero-order valence-corrected chi connectivity index (χ0v) is 21.0. The molecule has 1 heterocycles. The Morgan fingerprint density at radius 2 is 1.67 bits per heavy atom. The SMILES string of the molecule is CCc1noc(CC)c1CNC(=NC)NCCc1c(OC)cc(OC)cc1OC.I. The van der Waals surface area contributed by atoms with Crippen molar-refractivity contribution >= 4 is 29.9 Å². The van der Waals surface area contributed by atoms with E-state index in [0.29, 0.717) is 31.2 Å². The summed E-state index contributed by atoms with van der Waals surface area (Å²) in [6, 6.07) is 3.71. The van der Waals surface area contributed by atoms with Crippen LogP contribution in [0.2, 0.25) is 0 Å². The highest BCUT2D eigenvalue weighted by Crippen LogP contribution is 2.34. The van der Waals surface area contributed by atoms with E-state index in [0.717, 1.165) is 46.9 Å². The van der Waals surface area contributed by atoms with Gasteiger partial charge in [0.2, 0.25) is 0 Å². The number of aryl methyl sites for hydroxylation is 2. The number of benzene rings is 1. The molecule has 8 nitrogen and oxygen atoms in total. The first-order valence-corrected chi connectivity index (χ1v) is 9.81. The van der Waals surface area contributed by atoms with Crippen molar-refractivity contribution in [1.82, 2.24) is 15.8 Å². The van der Waals surface area contributed by atoms with Crippen LogP contribution in [0.25, 0.3) is 0 Å². The van der Waals surface area contributed by atoms with Crippen LogP contribution in [0.5, 0.6) is 17.2 Å². The maximum atomic E-state index is 5.51. The second kappa shape index (κ2) is 13.2. The van der Waals surface area contributed by atoms with Gasteiger partial charge in [-0.15, -0.1) is 24.0 Å². The fourth-order valence-electron chi connectivity index (χ4n) is 3.16. The molecule has 2 rings (SSSR count). The standard InChI is InChI=1S/C21H32N4O4.HI/c1-7-17-16(18(8-2)29-25-17)13-24-21(22-3)23-10-9-15-19(27-5)11-14(26-4)12-20(15)28-6;/h11-12H,7-10,13H2,1-6H3,(H2,22,23,24);1H. The van der Waals surface area contributed by atoms with Crippen molar-refractivity contribution in [2.24, 2.45) is 4.99 Å². The number of halogens is 1. The van der Waals surface area contributed by atoms with Gasteiger partial charge in [-0.2, -0.15) is 0 Å². The van der Waals surface area contributed by atoms with Gasteiger partial charge in [0.15, 0.2) is 5.96 Å². The maximum Gasteiger partial charge on any atom is 0.191 e. The topological polar surface area (TPSA) is 90.1 Å². The van der Waals surface area contributed by atoms with E-state index >= 15 is 0 Å². The number of rotatable bonds is 10. The van der Waals surface area contributed by atoms with Gasteiger partial charge in [-0.1, -0.05) is 19.0 Å². The Kier molecular flexibility index (Phi) is 11.4. The molecular weight excluding hydrogens is 499 g/mol. The van der Waals surface area contributed by atoms with Crippen LogP contribution in [-0.4, -0.2) is 46.0 Å². The molecule has 1 aromatic carbocycles. The molecule has 1 aromatic heterocycles. The summed E-state index contributed by atoms with van der Waals surface area (Å²) < 4.78 is 21.7. The second-order valence-corrected chi connectivity index (χ2v) is 6.35. The monoisotopic (exact) mass is 532 g/mol. The molecule has 0 aliphatic heterocycles. The molecule has 0 radical (unpaired) electrons. The van der Waals surface area contributed by atoms with E-state index in [4.69, 9.17) is 18.7 Å². The summed E-state index contributed by atoms with van der Waals surface area (Å²) in [5, 5.41) is 10.8. The van der Waals surface area contributed by atoms with Gasteiger partial charge >= 0.3 is 0 Å². The van der Waals surface area contributed by atoms with Crippen LogP contribution in [-0.2, 0) is 25.8 Å². The molecule has 0 aliphatic carbocycles. The van der Waals surface area contributed by atoms with Crippen LogP contribution in [0.4, 0.5) is 0 Å². The Morgan fingerprint density at radius 3 is 2.17 bits per heavy atom. The minimum Gasteiger partial charge on any atom is -0.496 e. The van der Waals surface area contributed by atoms with Crippen LogP contribution in [0.3, 0.4) is 0 Å². The van der Waals surface area contributed by atoms with Crippen LogP contribution < -0.4 is 24.8 Å². The quantitative estimate of drug-likeness (QED) is 0.276. The Morgan fingerprint density at radius 1 is 1.00 bits per heavy atom. The smallest absolute Gasteiger partial charge is 0.191 e. The minimum absolute atomic E-state index is 0. The third-order valence-corrected chi connectivity index (χ3v) is 4.75. The van der Waals surface area contributed by atoms with Gasteiger partial charge in [0.1, 0.15) is 23.0 Å². The highest BCUT2D eigenvalue weighted by atomic mass is 127. The predicted octanol–water partition coefficient (Wildman–Crippen LogP) is 3.35. The summed E-state index contributed by atoms with van der Waals surface area (Å²) in [4.78, 5) is 4.30. The summed E-state index contributed by atoms with van der Waals surface area (Å²) in [7, 11) is 6.65. The molecule has 0 unspecified atom stereocenters. The summed E-state index contributed by atoms with van der Waals surface area (Å²) in [6.07, 6.45) is 2.35. The third kappa shape index (κ3) is 6.41. The number of nitrogens with one attached hydrogen (secondary N) is 2. The van der Waals surface area contributed by atoms with Crippen LogP contribution >= 0.6 is 24.0 Å². The van der Waals surface area contributed by atoms with Crippen molar-refractivity contribution in [3.8, 4) is 17.2 Å².